The molecule has 0 bridgehead atoms. The van der Waals surface area contributed by atoms with Gasteiger partial charge >= 0.3 is 0 Å². The van der Waals surface area contributed by atoms with E-state index in [0.29, 0.717) is 0 Å². The van der Waals surface area contributed by atoms with Crippen LogP contribution in [0.4, 0.5) is 5.69 Å². The van der Waals surface area contributed by atoms with Gasteiger partial charge in [0.05, 0.1) is 0 Å². The summed E-state index contributed by atoms with van der Waals surface area (Å²) in [5.74, 6) is 0. The van der Waals surface area contributed by atoms with Crippen molar-refractivity contribution in [1.29, 1.82) is 0 Å². The number of benzene rings is 1. The second-order valence-electron chi connectivity index (χ2n) is 5.36. The molecule has 0 unspecified atom stereocenters. The summed E-state index contributed by atoms with van der Waals surface area (Å²) in [5.41, 5.74) is 2.82. The maximum absolute atomic E-state index is 3.36. The van der Waals surface area contributed by atoms with Gasteiger partial charge in [0.25, 0.3) is 0 Å². The van der Waals surface area contributed by atoms with Crippen molar-refractivity contribution in [3.8, 4) is 0 Å². The zero-order valence-corrected chi connectivity index (χ0v) is 11.2. The first kappa shape index (κ1) is 12.0. The molecule has 2 heterocycles. The van der Waals surface area contributed by atoms with Crippen LogP contribution in [0.25, 0.3) is 0 Å². The van der Waals surface area contributed by atoms with E-state index in [-0.39, 0.29) is 0 Å². The number of nitrogens with one attached hydrogen (secondary N) is 1. The molecule has 0 amide bonds. The lowest BCUT2D eigenvalue weighted by Gasteiger charge is -2.43. The average molecular weight is 245 g/mol. The minimum atomic E-state index is 0.801. The standard InChI is InChI=1S/C15H23N3/c1-2-13-3-5-14(6-4-13)17-7-9-18(10-8-17)15-11-16-12-15/h3-6,15-16H,2,7-12H2,1H3. The maximum Gasteiger partial charge on any atom is 0.0367 e. The van der Waals surface area contributed by atoms with Crippen molar-refractivity contribution in [2.75, 3.05) is 44.2 Å². The third kappa shape index (κ3) is 2.38. The van der Waals surface area contributed by atoms with E-state index in [1.807, 2.05) is 0 Å². The van der Waals surface area contributed by atoms with E-state index in [1.54, 1.807) is 0 Å². The number of rotatable bonds is 3. The van der Waals surface area contributed by atoms with Crippen LogP contribution in [0, 0.1) is 0 Å². The quantitative estimate of drug-likeness (QED) is 0.867. The van der Waals surface area contributed by atoms with Gasteiger partial charge in [0.15, 0.2) is 0 Å². The lowest BCUT2D eigenvalue weighted by Crippen LogP contribution is -2.61. The normalized spacial score (nSPS) is 21.9. The highest BCUT2D eigenvalue weighted by Gasteiger charge is 2.27. The zero-order valence-electron chi connectivity index (χ0n) is 11.2. The lowest BCUT2D eigenvalue weighted by molar-refractivity contribution is 0.138. The molecule has 2 saturated heterocycles. The van der Waals surface area contributed by atoms with Crippen LogP contribution in [0.15, 0.2) is 24.3 Å². The second kappa shape index (κ2) is 5.29. The van der Waals surface area contributed by atoms with Gasteiger partial charge in [0.2, 0.25) is 0 Å². The topological polar surface area (TPSA) is 18.5 Å². The molecule has 18 heavy (non-hydrogen) atoms. The van der Waals surface area contributed by atoms with Gasteiger partial charge < -0.3 is 10.2 Å². The van der Waals surface area contributed by atoms with Gasteiger partial charge in [-0.2, -0.15) is 0 Å². The number of aryl methyl sites for hydroxylation is 1. The van der Waals surface area contributed by atoms with Crippen LogP contribution in [-0.4, -0.2) is 50.2 Å². The molecule has 0 saturated carbocycles. The summed E-state index contributed by atoms with van der Waals surface area (Å²) in [6, 6.07) is 9.88. The Bertz CT molecular complexity index is 375. The number of hydrogen-bond acceptors (Lipinski definition) is 3. The summed E-state index contributed by atoms with van der Waals surface area (Å²) in [7, 11) is 0. The van der Waals surface area contributed by atoms with Crippen molar-refractivity contribution in [3.63, 3.8) is 0 Å². The van der Waals surface area contributed by atoms with E-state index in [1.165, 1.54) is 50.5 Å². The molecule has 2 aliphatic heterocycles. The average Bonchev–Trinajstić information content (AvgIpc) is 2.38. The van der Waals surface area contributed by atoms with Gasteiger partial charge in [0.1, 0.15) is 0 Å². The molecule has 1 N–H and O–H groups in total. The summed E-state index contributed by atoms with van der Waals surface area (Å²) < 4.78 is 0. The highest BCUT2D eigenvalue weighted by molar-refractivity contribution is 5.48. The molecule has 98 valence electrons. The smallest absolute Gasteiger partial charge is 0.0367 e. The molecule has 2 fully saturated rings. The molecule has 0 radical (unpaired) electrons. The van der Waals surface area contributed by atoms with Crippen LogP contribution in [-0.2, 0) is 6.42 Å². The van der Waals surface area contributed by atoms with E-state index in [9.17, 15) is 0 Å². The fourth-order valence-corrected chi connectivity index (χ4v) is 2.82. The van der Waals surface area contributed by atoms with E-state index >= 15 is 0 Å². The molecule has 3 rings (SSSR count). The SMILES string of the molecule is CCc1ccc(N2CCN(C3CNC3)CC2)cc1. The molecule has 0 atom stereocenters. The number of piperazine rings is 1. The van der Waals surface area contributed by atoms with Crippen molar-refractivity contribution < 1.29 is 0 Å². The Labute approximate surface area is 110 Å². The van der Waals surface area contributed by atoms with Crippen molar-refractivity contribution in [3.05, 3.63) is 29.8 Å². The Kier molecular flexibility index (Phi) is 3.52. The van der Waals surface area contributed by atoms with Crippen molar-refractivity contribution in [2.24, 2.45) is 0 Å². The predicted molar refractivity (Wildman–Crippen MR) is 76.3 cm³/mol. The van der Waals surface area contributed by atoms with Crippen molar-refractivity contribution in [2.45, 2.75) is 19.4 Å². The maximum atomic E-state index is 3.36. The van der Waals surface area contributed by atoms with Gasteiger partial charge in [-0.3, -0.25) is 4.90 Å². The largest absolute Gasteiger partial charge is 0.369 e. The molecule has 3 nitrogen and oxygen atoms in total. The number of anilines is 1. The van der Waals surface area contributed by atoms with Gasteiger partial charge in [-0.15, -0.1) is 0 Å². The van der Waals surface area contributed by atoms with Crippen molar-refractivity contribution >= 4 is 5.69 Å². The second-order valence-corrected chi connectivity index (χ2v) is 5.36. The Morgan fingerprint density at radius 1 is 1.06 bits per heavy atom. The minimum Gasteiger partial charge on any atom is -0.369 e. The molecule has 0 aliphatic carbocycles. The third-order valence-corrected chi connectivity index (χ3v) is 4.30. The lowest BCUT2D eigenvalue weighted by atomic mass is 10.1. The summed E-state index contributed by atoms with van der Waals surface area (Å²) in [4.78, 5) is 5.15. The van der Waals surface area contributed by atoms with Crippen LogP contribution in [0.1, 0.15) is 12.5 Å². The number of nitrogens with zero attached hydrogens (tertiary/aromatic N) is 2. The first-order chi connectivity index (χ1) is 8.86. The van der Waals surface area contributed by atoms with Crippen LogP contribution < -0.4 is 10.2 Å². The van der Waals surface area contributed by atoms with Crippen molar-refractivity contribution in [1.82, 2.24) is 10.2 Å². The monoisotopic (exact) mass is 245 g/mol. The summed E-state index contributed by atoms with van der Waals surface area (Å²) >= 11 is 0. The van der Waals surface area contributed by atoms with Gasteiger partial charge in [-0.1, -0.05) is 19.1 Å². The summed E-state index contributed by atoms with van der Waals surface area (Å²) in [6.07, 6.45) is 1.13. The fraction of sp³-hybridized carbons (Fsp3) is 0.600. The summed E-state index contributed by atoms with van der Waals surface area (Å²) in [5, 5.41) is 3.36. The molecular weight excluding hydrogens is 222 g/mol. The number of hydrogen-bond donors (Lipinski definition) is 1. The minimum absolute atomic E-state index is 0.801. The van der Waals surface area contributed by atoms with E-state index in [4.69, 9.17) is 0 Å². The van der Waals surface area contributed by atoms with Gasteiger partial charge in [0, 0.05) is 51.0 Å². The molecule has 3 heteroatoms. The molecule has 1 aromatic carbocycles. The van der Waals surface area contributed by atoms with Crippen LogP contribution >= 0.6 is 0 Å². The van der Waals surface area contributed by atoms with E-state index in [2.05, 4.69) is 46.3 Å². The Morgan fingerprint density at radius 3 is 2.22 bits per heavy atom. The van der Waals surface area contributed by atoms with Gasteiger partial charge in [-0.25, -0.2) is 0 Å². The molecular formula is C15H23N3. The fourth-order valence-electron chi connectivity index (χ4n) is 2.82. The van der Waals surface area contributed by atoms with Crippen LogP contribution in [0.3, 0.4) is 0 Å². The highest BCUT2D eigenvalue weighted by Crippen LogP contribution is 2.19. The predicted octanol–water partition coefficient (Wildman–Crippen LogP) is 1.34. The Hall–Kier alpha value is -1.06. The zero-order chi connectivity index (χ0) is 12.4. The Balaban J connectivity index is 1.57. The van der Waals surface area contributed by atoms with Gasteiger partial charge in [-0.05, 0) is 24.1 Å². The molecule has 0 spiro atoms. The van der Waals surface area contributed by atoms with E-state index in [0.717, 1.165) is 12.5 Å². The van der Waals surface area contributed by atoms with Crippen LogP contribution in [0.2, 0.25) is 0 Å². The van der Waals surface area contributed by atoms with E-state index < -0.39 is 0 Å². The molecule has 2 aliphatic rings. The molecule has 0 aromatic heterocycles. The highest BCUT2D eigenvalue weighted by atomic mass is 15.3. The molecule has 1 aromatic rings. The summed E-state index contributed by atoms with van der Waals surface area (Å²) in [6.45, 7) is 9.34. The third-order valence-electron chi connectivity index (χ3n) is 4.30. The Morgan fingerprint density at radius 2 is 1.72 bits per heavy atom. The first-order valence-corrected chi connectivity index (χ1v) is 7.15. The van der Waals surface area contributed by atoms with Crippen LogP contribution in [0.5, 0.6) is 0 Å². The first-order valence-electron chi connectivity index (χ1n) is 7.15.